The van der Waals surface area contributed by atoms with E-state index in [9.17, 15) is 15.0 Å². The van der Waals surface area contributed by atoms with Gasteiger partial charge in [0.15, 0.2) is 11.5 Å². The van der Waals surface area contributed by atoms with Crippen LogP contribution in [0.25, 0.3) is 0 Å². The maximum absolute atomic E-state index is 12.6. The first kappa shape index (κ1) is 21.1. The number of benzene rings is 1. The molecule has 9 heteroatoms. The fourth-order valence-electron chi connectivity index (χ4n) is 3.31. The molecule has 8 nitrogen and oxygen atoms in total. The van der Waals surface area contributed by atoms with Crippen LogP contribution >= 0.6 is 11.8 Å². The van der Waals surface area contributed by atoms with Crippen molar-refractivity contribution in [3.05, 3.63) is 40.7 Å². The zero-order valence-corrected chi connectivity index (χ0v) is 17.6. The smallest absolute Gasteiger partial charge is 0.234 e. The summed E-state index contributed by atoms with van der Waals surface area (Å²) in [6.45, 7) is 1.55. The molecule has 3 rings (SSSR count). The summed E-state index contributed by atoms with van der Waals surface area (Å²) in [5.74, 6) is 1.71. The van der Waals surface area contributed by atoms with Gasteiger partial charge in [-0.05, 0) is 24.6 Å². The average Bonchev–Trinajstić information content (AvgIpc) is 3.10. The lowest BCUT2D eigenvalue weighted by molar-refractivity contribution is -0.128. The largest absolute Gasteiger partial charge is 0.506 e. The summed E-state index contributed by atoms with van der Waals surface area (Å²) < 4.78 is 16.2. The number of pyridine rings is 1. The van der Waals surface area contributed by atoms with Gasteiger partial charge in [0.05, 0.1) is 45.9 Å². The van der Waals surface area contributed by atoms with E-state index in [4.69, 9.17) is 14.2 Å². The highest BCUT2D eigenvalue weighted by Crippen LogP contribution is 2.46. The van der Waals surface area contributed by atoms with Crippen molar-refractivity contribution in [2.75, 3.05) is 27.1 Å². The number of hydrogen-bond acceptors (Lipinski definition) is 8. The van der Waals surface area contributed by atoms with Crippen molar-refractivity contribution < 1.29 is 29.2 Å². The molecule has 1 unspecified atom stereocenters. The molecule has 1 aliphatic rings. The van der Waals surface area contributed by atoms with Gasteiger partial charge in [0.25, 0.3) is 0 Å². The third kappa shape index (κ3) is 3.92. The highest BCUT2D eigenvalue weighted by Gasteiger charge is 2.35. The Bertz CT molecular complexity index is 895. The molecule has 1 aromatic carbocycles. The fraction of sp³-hybridized carbons (Fsp3) is 0.400. The number of carbonyl (C=O) groups is 1. The Hall–Kier alpha value is -2.65. The lowest BCUT2D eigenvalue weighted by atomic mass is 10.1. The van der Waals surface area contributed by atoms with Crippen molar-refractivity contribution in [3.8, 4) is 23.0 Å². The van der Waals surface area contributed by atoms with Gasteiger partial charge in [0.2, 0.25) is 11.7 Å². The molecule has 0 bridgehead atoms. The number of rotatable bonds is 7. The SMILES string of the molecule is COc1cc(C2SCC(=O)N2Cc2c(CO)cnc(C)c2O)cc(OC)c1OC. The summed E-state index contributed by atoms with van der Waals surface area (Å²) >= 11 is 1.47. The van der Waals surface area contributed by atoms with Crippen LogP contribution in [0.2, 0.25) is 0 Å². The molecule has 1 saturated heterocycles. The minimum atomic E-state index is -0.310. The van der Waals surface area contributed by atoms with E-state index in [1.165, 1.54) is 39.3 Å². The molecular weight excluding hydrogens is 396 g/mol. The summed E-state index contributed by atoms with van der Waals surface area (Å²) in [7, 11) is 4.61. The van der Waals surface area contributed by atoms with Gasteiger partial charge in [0.1, 0.15) is 11.1 Å². The predicted molar refractivity (Wildman–Crippen MR) is 108 cm³/mol. The first-order chi connectivity index (χ1) is 13.9. The normalized spacial score (nSPS) is 16.2. The van der Waals surface area contributed by atoms with Gasteiger partial charge in [-0.1, -0.05) is 0 Å². The van der Waals surface area contributed by atoms with Gasteiger partial charge in [-0.15, -0.1) is 11.8 Å². The summed E-state index contributed by atoms with van der Waals surface area (Å²) in [6.07, 6.45) is 1.52. The molecule has 1 amide bonds. The van der Waals surface area contributed by atoms with Crippen molar-refractivity contribution in [3.63, 3.8) is 0 Å². The van der Waals surface area contributed by atoms with E-state index >= 15 is 0 Å². The lowest BCUT2D eigenvalue weighted by Gasteiger charge is -2.27. The molecule has 2 N–H and O–H groups in total. The number of aliphatic hydroxyl groups is 1. The Labute approximate surface area is 173 Å². The third-order valence-corrected chi connectivity index (χ3v) is 6.13. The maximum Gasteiger partial charge on any atom is 0.234 e. The molecule has 29 heavy (non-hydrogen) atoms. The van der Waals surface area contributed by atoms with Crippen LogP contribution in [-0.4, -0.2) is 53.1 Å². The third-order valence-electron chi connectivity index (χ3n) is 4.87. The topological polar surface area (TPSA) is 101 Å². The monoisotopic (exact) mass is 420 g/mol. The number of methoxy groups -OCH3 is 3. The first-order valence-electron chi connectivity index (χ1n) is 8.93. The van der Waals surface area contributed by atoms with E-state index in [-0.39, 0.29) is 30.2 Å². The van der Waals surface area contributed by atoms with E-state index in [0.29, 0.717) is 39.8 Å². The average molecular weight is 420 g/mol. The van der Waals surface area contributed by atoms with Crippen LogP contribution in [0.4, 0.5) is 0 Å². The Morgan fingerprint density at radius 2 is 1.86 bits per heavy atom. The van der Waals surface area contributed by atoms with E-state index in [0.717, 1.165) is 5.56 Å². The van der Waals surface area contributed by atoms with Gasteiger partial charge in [-0.3, -0.25) is 9.78 Å². The zero-order chi connectivity index (χ0) is 21.1. The first-order valence-corrected chi connectivity index (χ1v) is 9.98. The molecular formula is C20H24N2O6S. The number of amides is 1. The van der Waals surface area contributed by atoms with Crippen molar-refractivity contribution in [1.82, 2.24) is 9.88 Å². The summed E-state index contributed by atoms with van der Waals surface area (Å²) in [5.41, 5.74) is 2.24. The highest BCUT2D eigenvalue weighted by atomic mass is 32.2. The summed E-state index contributed by atoms with van der Waals surface area (Å²) in [5, 5.41) is 19.8. The number of aryl methyl sites for hydroxylation is 1. The molecule has 2 aromatic rings. The van der Waals surface area contributed by atoms with Gasteiger partial charge in [0, 0.05) is 17.3 Å². The van der Waals surface area contributed by atoms with Gasteiger partial charge in [-0.2, -0.15) is 0 Å². The van der Waals surface area contributed by atoms with Gasteiger partial charge in [-0.25, -0.2) is 0 Å². The van der Waals surface area contributed by atoms with Crippen LogP contribution in [0.3, 0.4) is 0 Å². The second-order valence-electron chi connectivity index (χ2n) is 6.50. The Kier molecular flexibility index (Phi) is 6.39. The minimum absolute atomic E-state index is 0.00936. The fourth-order valence-corrected chi connectivity index (χ4v) is 4.48. The number of aromatic hydroxyl groups is 1. The highest BCUT2D eigenvalue weighted by molar-refractivity contribution is 8.00. The quantitative estimate of drug-likeness (QED) is 0.704. The molecule has 0 spiro atoms. The van der Waals surface area contributed by atoms with Crippen molar-refractivity contribution in [2.45, 2.75) is 25.4 Å². The molecule has 1 aliphatic heterocycles. The van der Waals surface area contributed by atoms with Crippen LogP contribution < -0.4 is 14.2 Å². The Morgan fingerprint density at radius 1 is 1.21 bits per heavy atom. The summed E-state index contributed by atoms with van der Waals surface area (Å²) in [4.78, 5) is 18.4. The number of aromatic nitrogens is 1. The van der Waals surface area contributed by atoms with Crippen LogP contribution in [0.1, 0.15) is 27.8 Å². The number of carbonyl (C=O) groups excluding carboxylic acids is 1. The zero-order valence-electron chi connectivity index (χ0n) is 16.8. The van der Waals surface area contributed by atoms with Crippen LogP contribution in [0.15, 0.2) is 18.3 Å². The molecule has 1 atom stereocenters. The number of nitrogens with zero attached hydrogens (tertiary/aromatic N) is 2. The number of thioether (sulfide) groups is 1. The second-order valence-corrected chi connectivity index (χ2v) is 7.57. The van der Waals surface area contributed by atoms with Crippen LogP contribution in [-0.2, 0) is 17.9 Å². The van der Waals surface area contributed by atoms with Gasteiger partial charge < -0.3 is 29.3 Å². The summed E-state index contributed by atoms with van der Waals surface area (Å²) in [6, 6.07) is 3.63. The molecule has 0 aliphatic carbocycles. The molecule has 1 aromatic heterocycles. The van der Waals surface area contributed by atoms with Crippen molar-refractivity contribution >= 4 is 17.7 Å². The van der Waals surface area contributed by atoms with Gasteiger partial charge >= 0.3 is 0 Å². The van der Waals surface area contributed by atoms with E-state index in [2.05, 4.69) is 4.98 Å². The number of aliphatic hydroxyl groups excluding tert-OH is 1. The molecule has 2 heterocycles. The number of ether oxygens (including phenoxy) is 3. The minimum Gasteiger partial charge on any atom is -0.506 e. The molecule has 156 valence electrons. The Balaban J connectivity index is 2.02. The molecule has 1 fully saturated rings. The van der Waals surface area contributed by atoms with E-state index in [1.54, 1.807) is 11.8 Å². The number of hydrogen-bond donors (Lipinski definition) is 2. The van der Waals surface area contributed by atoms with Crippen LogP contribution in [0, 0.1) is 6.92 Å². The lowest BCUT2D eigenvalue weighted by Crippen LogP contribution is -2.28. The standard InChI is InChI=1S/C20H24N2O6S/c1-11-18(25)14(13(9-23)7-21-11)8-22-17(24)10-29-20(22)12-5-15(26-2)19(28-4)16(6-12)27-3/h5-7,20,23,25H,8-10H2,1-4H3. The predicted octanol–water partition coefficient (Wildman–Crippen LogP) is 2.39. The second kappa shape index (κ2) is 8.79. The van der Waals surface area contributed by atoms with Crippen molar-refractivity contribution in [1.29, 1.82) is 0 Å². The van der Waals surface area contributed by atoms with E-state index in [1.807, 2.05) is 12.1 Å². The van der Waals surface area contributed by atoms with Crippen molar-refractivity contribution in [2.24, 2.45) is 0 Å². The Morgan fingerprint density at radius 3 is 2.41 bits per heavy atom. The molecule has 0 radical (unpaired) electrons. The van der Waals surface area contributed by atoms with E-state index < -0.39 is 0 Å². The maximum atomic E-state index is 12.6. The molecule has 0 saturated carbocycles. The van der Waals surface area contributed by atoms with Crippen LogP contribution in [0.5, 0.6) is 23.0 Å².